The van der Waals surface area contributed by atoms with E-state index in [0.29, 0.717) is 0 Å². The summed E-state index contributed by atoms with van der Waals surface area (Å²) in [5, 5.41) is 13.0. The normalized spacial score (nSPS) is 12.4. The van der Waals surface area contributed by atoms with Gasteiger partial charge in [0, 0.05) is 47.1 Å². The van der Waals surface area contributed by atoms with Crippen LogP contribution in [0.3, 0.4) is 0 Å². The molecule has 0 aliphatic rings. The lowest BCUT2D eigenvalue weighted by Crippen LogP contribution is -1.91. The van der Waals surface area contributed by atoms with E-state index in [1.807, 2.05) is 35.6 Å². The number of benzene rings is 8. The molecular formula is C46H24O3S. The third-order valence-corrected chi connectivity index (χ3v) is 11.7. The average Bonchev–Trinajstić information content (AvgIpc) is 3.95. The van der Waals surface area contributed by atoms with Gasteiger partial charge in [0.2, 0.25) is 0 Å². The Morgan fingerprint density at radius 1 is 0.360 bits per heavy atom. The van der Waals surface area contributed by atoms with Crippen LogP contribution in [0.5, 0.6) is 0 Å². The molecule has 4 heteroatoms. The number of fused-ring (bicyclic) bond motifs is 14. The number of para-hydroxylation sites is 1. The summed E-state index contributed by atoms with van der Waals surface area (Å²) in [5.41, 5.74) is 9.28. The minimum absolute atomic E-state index is 0.865. The zero-order valence-electron chi connectivity index (χ0n) is 26.5. The molecule has 0 fully saturated rings. The molecule has 3 nitrogen and oxygen atoms in total. The van der Waals surface area contributed by atoms with Crippen molar-refractivity contribution in [2.45, 2.75) is 0 Å². The monoisotopic (exact) mass is 656 g/mol. The van der Waals surface area contributed by atoms with Crippen LogP contribution in [-0.2, 0) is 0 Å². The summed E-state index contributed by atoms with van der Waals surface area (Å²) in [4.78, 5) is 0. The topological polar surface area (TPSA) is 39.4 Å². The molecule has 0 spiro atoms. The highest BCUT2D eigenvalue weighted by Gasteiger charge is 2.22. The summed E-state index contributed by atoms with van der Waals surface area (Å²) >= 11 is 1.85. The van der Waals surface area contributed by atoms with Crippen molar-refractivity contribution in [3.05, 3.63) is 146 Å². The molecule has 0 aliphatic carbocycles. The second-order valence-corrected chi connectivity index (χ2v) is 14.2. The van der Waals surface area contributed by atoms with Gasteiger partial charge in [-0.15, -0.1) is 11.3 Å². The molecule has 50 heavy (non-hydrogen) atoms. The average molecular weight is 657 g/mol. The van der Waals surface area contributed by atoms with Gasteiger partial charge in [0.25, 0.3) is 0 Å². The lowest BCUT2D eigenvalue weighted by atomic mass is 9.84. The van der Waals surface area contributed by atoms with Crippen molar-refractivity contribution in [2.24, 2.45) is 0 Å². The van der Waals surface area contributed by atoms with Crippen molar-refractivity contribution in [3.8, 4) is 22.3 Å². The third kappa shape index (κ3) is 3.43. The van der Waals surface area contributed by atoms with E-state index in [9.17, 15) is 0 Å². The summed E-state index contributed by atoms with van der Waals surface area (Å²) in [6.07, 6.45) is 1.80. The molecule has 0 saturated heterocycles. The van der Waals surface area contributed by atoms with Crippen molar-refractivity contribution in [1.29, 1.82) is 0 Å². The second-order valence-electron chi connectivity index (χ2n) is 13.1. The van der Waals surface area contributed by atoms with Crippen LogP contribution < -0.4 is 0 Å². The van der Waals surface area contributed by atoms with Crippen LogP contribution in [0, 0.1) is 0 Å². The number of hydrogen-bond acceptors (Lipinski definition) is 4. The van der Waals surface area contributed by atoms with E-state index in [-0.39, 0.29) is 0 Å². The maximum atomic E-state index is 6.47. The lowest BCUT2D eigenvalue weighted by molar-refractivity contribution is 0.616. The first-order valence-corrected chi connectivity index (χ1v) is 17.6. The van der Waals surface area contributed by atoms with E-state index in [2.05, 4.69) is 115 Å². The summed E-state index contributed by atoms with van der Waals surface area (Å²) in [7, 11) is 0. The Morgan fingerprint density at radius 3 is 1.70 bits per heavy atom. The quantitative estimate of drug-likeness (QED) is 0.174. The van der Waals surface area contributed by atoms with Crippen LogP contribution in [0.4, 0.5) is 0 Å². The van der Waals surface area contributed by atoms with Crippen LogP contribution in [0.1, 0.15) is 0 Å². The van der Waals surface area contributed by atoms with E-state index in [1.165, 1.54) is 58.4 Å². The van der Waals surface area contributed by atoms with E-state index < -0.39 is 0 Å². The minimum Gasteiger partial charge on any atom is -0.464 e. The van der Waals surface area contributed by atoms with Gasteiger partial charge >= 0.3 is 0 Å². The van der Waals surface area contributed by atoms with Gasteiger partial charge in [0.1, 0.15) is 27.9 Å². The summed E-state index contributed by atoms with van der Waals surface area (Å²) in [5.74, 6) is 0. The molecule has 0 N–H and O–H groups in total. The Bertz CT molecular complexity index is 3330. The molecule has 0 saturated carbocycles. The highest BCUT2D eigenvalue weighted by atomic mass is 32.1. The molecule has 8 aromatic carbocycles. The number of furan rings is 3. The maximum Gasteiger partial charge on any atom is 0.136 e. The molecule has 0 amide bonds. The molecule has 232 valence electrons. The van der Waals surface area contributed by atoms with Crippen LogP contribution in [0.25, 0.3) is 119 Å². The van der Waals surface area contributed by atoms with Crippen LogP contribution in [-0.4, -0.2) is 0 Å². The van der Waals surface area contributed by atoms with E-state index >= 15 is 0 Å². The lowest BCUT2D eigenvalue weighted by Gasteiger charge is -2.18. The van der Waals surface area contributed by atoms with E-state index in [4.69, 9.17) is 13.3 Å². The number of thiophene rings is 1. The summed E-state index contributed by atoms with van der Waals surface area (Å²) in [6.45, 7) is 0. The molecule has 12 aromatic rings. The van der Waals surface area contributed by atoms with Crippen molar-refractivity contribution < 1.29 is 13.3 Å². The van der Waals surface area contributed by atoms with Crippen molar-refractivity contribution in [1.82, 2.24) is 0 Å². The van der Waals surface area contributed by atoms with Gasteiger partial charge in [0.15, 0.2) is 0 Å². The number of rotatable bonds is 2. The van der Waals surface area contributed by atoms with Crippen molar-refractivity contribution >= 4 is 108 Å². The fourth-order valence-electron chi connectivity index (χ4n) is 8.54. The van der Waals surface area contributed by atoms with E-state index in [1.54, 1.807) is 6.26 Å². The van der Waals surface area contributed by atoms with Gasteiger partial charge in [-0.3, -0.25) is 0 Å². The SMILES string of the molecule is c1ccc2c(c1)oc1ccc3oc4ccc(-c5c6ccccc6c(-c6cccc7sc8ccc9occc9c8c67)c6ccccc56)cc4c3c12. The molecule has 0 unspecified atom stereocenters. The van der Waals surface area contributed by atoms with Crippen molar-refractivity contribution in [3.63, 3.8) is 0 Å². The highest BCUT2D eigenvalue weighted by Crippen LogP contribution is 2.50. The smallest absolute Gasteiger partial charge is 0.136 e. The maximum absolute atomic E-state index is 6.47. The fourth-order valence-corrected chi connectivity index (χ4v) is 9.68. The Morgan fingerprint density at radius 2 is 0.940 bits per heavy atom. The summed E-state index contributed by atoms with van der Waals surface area (Å²) < 4.78 is 21.2. The predicted octanol–water partition coefficient (Wildman–Crippen LogP) is 14.2. The molecule has 0 atom stereocenters. The second kappa shape index (κ2) is 9.63. The Hall–Kier alpha value is -6.36. The summed E-state index contributed by atoms with van der Waals surface area (Å²) in [6, 6.07) is 49.9. The van der Waals surface area contributed by atoms with Gasteiger partial charge < -0.3 is 13.3 Å². The Labute approximate surface area is 288 Å². The van der Waals surface area contributed by atoms with Crippen LogP contribution in [0.15, 0.2) is 159 Å². The Kier molecular flexibility index (Phi) is 5.12. The van der Waals surface area contributed by atoms with Crippen molar-refractivity contribution in [2.75, 3.05) is 0 Å². The van der Waals surface area contributed by atoms with Gasteiger partial charge in [-0.25, -0.2) is 0 Å². The molecule has 0 radical (unpaired) electrons. The molecule has 4 heterocycles. The first kappa shape index (κ1) is 26.6. The fraction of sp³-hybridized carbons (Fsp3) is 0. The molecular weight excluding hydrogens is 633 g/mol. The molecule has 0 bridgehead atoms. The van der Waals surface area contributed by atoms with Crippen LogP contribution >= 0.6 is 11.3 Å². The standard InChI is InChI=1S/C46H24O3S/c1-3-10-28-26(8-1)41(25-16-17-36-33(24-25)44-38(49-36)19-18-37-43(44)30-12-5-6-14-35(30)48-37)27-9-2-4-11-29(27)42(28)32-13-7-15-39-46(32)45-31-22-23-47-34(31)20-21-40(45)50-39/h1-24H. The van der Waals surface area contributed by atoms with Gasteiger partial charge in [-0.2, -0.15) is 0 Å². The molecule has 0 aliphatic heterocycles. The zero-order valence-corrected chi connectivity index (χ0v) is 27.3. The molecule has 4 aromatic heterocycles. The number of hydrogen-bond donors (Lipinski definition) is 0. The third-order valence-electron chi connectivity index (χ3n) is 10.6. The Balaban J connectivity index is 1.20. The predicted molar refractivity (Wildman–Crippen MR) is 210 cm³/mol. The first-order chi connectivity index (χ1) is 24.8. The zero-order chi connectivity index (χ0) is 32.5. The molecule has 12 rings (SSSR count). The van der Waals surface area contributed by atoms with Gasteiger partial charge in [0.05, 0.1) is 6.26 Å². The first-order valence-electron chi connectivity index (χ1n) is 16.8. The highest BCUT2D eigenvalue weighted by molar-refractivity contribution is 7.26. The largest absolute Gasteiger partial charge is 0.464 e. The van der Waals surface area contributed by atoms with Crippen LogP contribution in [0.2, 0.25) is 0 Å². The minimum atomic E-state index is 0.865. The van der Waals surface area contributed by atoms with E-state index in [0.717, 1.165) is 60.4 Å². The van der Waals surface area contributed by atoms with Gasteiger partial charge in [-0.05, 0) is 98.4 Å². The van der Waals surface area contributed by atoms with Gasteiger partial charge in [-0.1, -0.05) is 84.9 Å².